The van der Waals surface area contributed by atoms with Gasteiger partial charge in [-0.05, 0) is 55.4 Å². The lowest BCUT2D eigenvalue weighted by Crippen LogP contribution is -2.52. The number of halogens is 2. The first-order valence-electron chi connectivity index (χ1n) is 11.0. The highest BCUT2D eigenvalue weighted by Crippen LogP contribution is 2.55. The number of benzene rings is 2. The molecule has 5 nitrogen and oxygen atoms in total. The van der Waals surface area contributed by atoms with Crippen molar-refractivity contribution < 1.29 is 14.7 Å². The summed E-state index contributed by atoms with van der Waals surface area (Å²) in [5, 5.41) is 14.4. The minimum absolute atomic E-state index is 0.0339. The van der Waals surface area contributed by atoms with E-state index < -0.39 is 11.4 Å². The van der Waals surface area contributed by atoms with Crippen molar-refractivity contribution >= 4 is 35.0 Å². The van der Waals surface area contributed by atoms with Crippen molar-refractivity contribution in [3.8, 4) is 0 Å². The molecule has 4 rings (SSSR count). The molecule has 0 radical (unpaired) electrons. The summed E-state index contributed by atoms with van der Waals surface area (Å²) in [6.45, 7) is 4.35. The number of nitrogens with one attached hydrogen (secondary N) is 1. The molecule has 1 aliphatic carbocycles. The quantitative estimate of drug-likeness (QED) is 0.588. The average molecular weight is 475 g/mol. The molecule has 2 atom stereocenters. The number of carboxylic acids is 1. The molecule has 1 aliphatic heterocycles. The highest BCUT2D eigenvalue weighted by Gasteiger charge is 2.62. The number of Topliss-reactive ketones (excluding diaryl/α,β-unsaturated/α-hetero) is 1. The zero-order valence-corrected chi connectivity index (χ0v) is 19.6. The van der Waals surface area contributed by atoms with Crippen molar-refractivity contribution in [3.63, 3.8) is 0 Å². The lowest BCUT2D eigenvalue weighted by Gasteiger charge is -2.43. The van der Waals surface area contributed by atoms with Gasteiger partial charge in [0.2, 0.25) is 0 Å². The molecule has 0 amide bonds. The van der Waals surface area contributed by atoms with Crippen molar-refractivity contribution in [1.29, 1.82) is 0 Å². The molecule has 32 heavy (non-hydrogen) atoms. The topological polar surface area (TPSA) is 69.6 Å². The Labute approximate surface area is 198 Å². The smallest absolute Gasteiger partial charge is 0.314 e. The van der Waals surface area contributed by atoms with Crippen LogP contribution in [0.4, 0.5) is 0 Å². The van der Waals surface area contributed by atoms with Crippen LogP contribution in [0.1, 0.15) is 37.3 Å². The predicted octanol–water partition coefficient (Wildman–Crippen LogP) is 4.51. The highest BCUT2D eigenvalue weighted by atomic mass is 35.5. The van der Waals surface area contributed by atoms with Crippen LogP contribution in [0.3, 0.4) is 0 Å². The molecule has 7 heteroatoms. The van der Waals surface area contributed by atoms with Crippen LogP contribution in [-0.2, 0) is 20.5 Å². The van der Waals surface area contributed by atoms with Crippen molar-refractivity contribution in [2.24, 2.45) is 5.92 Å². The second-order valence-corrected chi connectivity index (χ2v) is 9.93. The van der Waals surface area contributed by atoms with E-state index in [0.717, 1.165) is 38.0 Å². The van der Waals surface area contributed by atoms with Crippen LogP contribution in [0.15, 0.2) is 48.5 Å². The van der Waals surface area contributed by atoms with Gasteiger partial charge in [-0.15, -0.1) is 0 Å². The molecule has 2 aromatic carbocycles. The van der Waals surface area contributed by atoms with Gasteiger partial charge in [0, 0.05) is 25.2 Å². The van der Waals surface area contributed by atoms with E-state index in [9.17, 15) is 14.7 Å². The monoisotopic (exact) mass is 474 g/mol. The summed E-state index contributed by atoms with van der Waals surface area (Å²) in [5.41, 5.74) is 0.793. The first kappa shape index (κ1) is 23.2. The molecule has 2 fully saturated rings. The summed E-state index contributed by atoms with van der Waals surface area (Å²) >= 11 is 12.2. The van der Waals surface area contributed by atoms with Crippen molar-refractivity contribution in [2.75, 3.05) is 26.2 Å². The number of rotatable bonds is 8. The van der Waals surface area contributed by atoms with E-state index in [1.165, 1.54) is 5.56 Å². The fraction of sp³-hybridized carbons (Fsp3) is 0.440. The molecule has 2 aromatic rings. The van der Waals surface area contributed by atoms with E-state index in [1.54, 1.807) is 25.1 Å². The number of hydrogen-bond donors (Lipinski definition) is 2. The molecular formula is C25H28Cl2N2O3. The van der Waals surface area contributed by atoms with Crippen molar-refractivity contribution in [3.05, 3.63) is 69.7 Å². The summed E-state index contributed by atoms with van der Waals surface area (Å²) in [7, 11) is 0. The Bertz CT molecular complexity index is 1010. The van der Waals surface area contributed by atoms with Crippen LogP contribution < -0.4 is 5.32 Å². The Balaban J connectivity index is 1.45. The van der Waals surface area contributed by atoms with Gasteiger partial charge < -0.3 is 15.3 Å². The third-order valence-electron chi connectivity index (χ3n) is 7.11. The van der Waals surface area contributed by atoms with E-state index in [-0.39, 0.29) is 17.2 Å². The van der Waals surface area contributed by atoms with Crippen LogP contribution in [0.5, 0.6) is 0 Å². The molecule has 2 N–H and O–H groups in total. The molecule has 0 aromatic heterocycles. The van der Waals surface area contributed by atoms with Gasteiger partial charge in [0.05, 0.1) is 22.0 Å². The Morgan fingerprint density at radius 3 is 2.34 bits per heavy atom. The Morgan fingerprint density at radius 1 is 1.06 bits per heavy atom. The SMILES string of the molecule is CC(=O)CNC1(c2ccccc2)CCN(CC2CC2(C(=O)O)c2ccc(Cl)c(Cl)c2)CC1. The normalized spacial score (nSPS) is 24.8. The minimum atomic E-state index is -0.894. The third kappa shape index (κ3) is 4.44. The van der Waals surface area contributed by atoms with E-state index in [4.69, 9.17) is 23.2 Å². The number of nitrogens with zero attached hydrogens (tertiary/aromatic N) is 1. The van der Waals surface area contributed by atoms with E-state index in [2.05, 4.69) is 22.3 Å². The maximum absolute atomic E-state index is 12.2. The summed E-state index contributed by atoms with van der Waals surface area (Å²) in [4.78, 5) is 26.2. The second kappa shape index (κ2) is 9.14. The van der Waals surface area contributed by atoms with Crippen LogP contribution >= 0.6 is 23.2 Å². The number of aliphatic carboxylic acids is 1. The first-order valence-corrected chi connectivity index (χ1v) is 11.7. The van der Waals surface area contributed by atoms with Gasteiger partial charge >= 0.3 is 5.97 Å². The van der Waals surface area contributed by atoms with Crippen LogP contribution in [0.2, 0.25) is 10.0 Å². The molecule has 2 unspecified atom stereocenters. The number of hydrogen-bond acceptors (Lipinski definition) is 4. The van der Waals surface area contributed by atoms with Gasteiger partial charge in [-0.25, -0.2) is 0 Å². The molecule has 2 aliphatic rings. The minimum Gasteiger partial charge on any atom is -0.481 e. The number of ketones is 1. The zero-order chi connectivity index (χ0) is 22.9. The molecule has 0 spiro atoms. The van der Waals surface area contributed by atoms with Gasteiger partial charge in [0.15, 0.2) is 0 Å². The number of carboxylic acid groups (broad SMARTS) is 1. The fourth-order valence-electron chi connectivity index (χ4n) is 5.11. The van der Waals surface area contributed by atoms with Gasteiger partial charge in [0.1, 0.15) is 5.78 Å². The number of carbonyl (C=O) groups is 2. The Hall–Kier alpha value is -1.92. The summed E-state index contributed by atoms with van der Waals surface area (Å²) < 4.78 is 0. The van der Waals surface area contributed by atoms with Gasteiger partial charge in [0.25, 0.3) is 0 Å². The number of carbonyl (C=O) groups excluding carboxylic acids is 1. The maximum atomic E-state index is 12.2. The number of likely N-dealkylation sites (tertiary alicyclic amines) is 1. The molecule has 170 valence electrons. The van der Waals surface area contributed by atoms with Crippen molar-refractivity contribution in [1.82, 2.24) is 10.2 Å². The Morgan fingerprint density at radius 2 is 1.75 bits per heavy atom. The lowest BCUT2D eigenvalue weighted by atomic mass is 9.80. The number of piperidine rings is 1. The zero-order valence-electron chi connectivity index (χ0n) is 18.1. The van der Waals surface area contributed by atoms with Gasteiger partial charge in [-0.2, -0.15) is 0 Å². The van der Waals surface area contributed by atoms with Gasteiger partial charge in [-0.1, -0.05) is 59.6 Å². The van der Waals surface area contributed by atoms with E-state index in [1.807, 2.05) is 18.2 Å². The summed E-state index contributed by atoms with van der Waals surface area (Å²) in [6, 6.07) is 15.4. The summed E-state index contributed by atoms with van der Waals surface area (Å²) in [5.74, 6) is -0.653. The Kier molecular flexibility index (Phi) is 6.64. The predicted molar refractivity (Wildman–Crippen MR) is 126 cm³/mol. The van der Waals surface area contributed by atoms with E-state index in [0.29, 0.717) is 23.0 Å². The van der Waals surface area contributed by atoms with Crippen LogP contribution in [0.25, 0.3) is 0 Å². The largest absolute Gasteiger partial charge is 0.481 e. The lowest BCUT2D eigenvalue weighted by molar-refractivity contribution is -0.140. The molecule has 1 saturated heterocycles. The highest BCUT2D eigenvalue weighted by molar-refractivity contribution is 6.42. The molecule has 0 bridgehead atoms. The third-order valence-corrected chi connectivity index (χ3v) is 7.85. The van der Waals surface area contributed by atoms with Gasteiger partial charge in [-0.3, -0.25) is 9.59 Å². The van der Waals surface area contributed by atoms with E-state index >= 15 is 0 Å². The van der Waals surface area contributed by atoms with Crippen molar-refractivity contribution in [2.45, 2.75) is 37.1 Å². The van der Waals surface area contributed by atoms with Crippen LogP contribution in [-0.4, -0.2) is 47.9 Å². The maximum Gasteiger partial charge on any atom is 0.314 e. The molecular weight excluding hydrogens is 447 g/mol. The molecule has 1 saturated carbocycles. The first-order chi connectivity index (χ1) is 15.3. The van der Waals surface area contributed by atoms with Crippen LogP contribution in [0, 0.1) is 5.92 Å². The fourth-order valence-corrected chi connectivity index (χ4v) is 5.41. The second-order valence-electron chi connectivity index (χ2n) is 9.11. The standard InChI is InChI=1S/C25H28Cl2N2O3/c1-17(30)15-28-24(18-5-3-2-4-6-18)9-11-29(12-10-24)16-20-14-25(20,23(31)32)19-7-8-21(26)22(27)13-19/h2-8,13,20,28H,9-12,14-16H2,1H3,(H,31,32). The molecule has 1 heterocycles. The average Bonchev–Trinajstić information content (AvgIpc) is 3.51. The summed E-state index contributed by atoms with van der Waals surface area (Å²) in [6.07, 6.45) is 2.33.